The van der Waals surface area contributed by atoms with Crippen molar-refractivity contribution in [3.63, 3.8) is 0 Å². The van der Waals surface area contributed by atoms with Crippen LogP contribution in [0.3, 0.4) is 0 Å². The highest BCUT2D eigenvalue weighted by molar-refractivity contribution is 5.94. The molecule has 1 saturated heterocycles. The van der Waals surface area contributed by atoms with E-state index in [0.717, 1.165) is 42.7 Å². The molecule has 1 aromatic heterocycles. The van der Waals surface area contributed by atoms with Crippen molar-refractivity contribution in [2.24, 2.45) is 0 Å². The van der Waals surface area contributed by atoms with Crippen LogP contribution < -0.4 is 10.6 Å². The molecule has 1 atom stereocenters. The molecule has 4 rings (SSSR count). The van der Waals surface area contributed by atoms with Crippen molar-refractivity contribution in [1.29, 1.82) is 0 Å². The zero-order valence-corrected chi connectivity index (χ0v) is 13.4. The maximum Gasteiger partial charge on any atom is 0.251 e. The first kappa shape index (κ1) is 14.9. The summed E-state index contributed by atoms with van der Waals surface area (Å²) in [6.45, 7) is 1.89. The fraction of sp³-hybridized carbons (Fsp3) is 0.263. The van der Waals surface area contributed by atoms with Crippen molar-refractivity contribution < 1.29 is 4.79 Å². The zero-order valence-electron chi connectivity index (χ0n) is 13.4. The highest BCUT2D eigenvalue weighted by Gasteiger charge is 2.16. The van der Waals surface area contributed by atoms with Crippen molar-refractivity contribution in [2.45, 2.75) is 18.9 Å². The molecule has 0 unspecified atom stereocenters. The van der Waals surface area contributed by atoms with E-state index in [0.29, 0.717) is 5.56 Å². The number of amides is 1. The van der Waals surface area contributed by atoms with Gasteiger partial charge in [-0.25, -0.2) is 4.98 Å². The molecule has 0 bridgehead atoms. The summed E-state index contributed by atoms with van der Waals surface area (Å²) in [5, 5.41) is 6.41. The summed E-state index contributed by atoms with van der Waals surface area (Å²) in [5.41, 5.74) is 3.71. The third-order valence-corrected chi connectivity index (χ3v) is 4.49. The van der Waals surface area contributed by atoms with E-state index in [1.807, 2.05) is 59.4 Å². The van der Waals surface area contributed by atoms with Crippen LogP contribution in [0.5, 0.6) is 0 Å². The second-order valence-corrected chi connectivity index (χ2v) is 6.17. The summed E-state index contributed by atoms with van der Waals surface area (Å²) in [7, 11) is 0. The van der Waals surface area contributed by atoms with E-state index in [-0.39, 0.29) is 11.9 Å². The molecule has 2 aromatic carbocycles. The zero-order chi connectivity index (χ0) is 16.4. The second kappa shape index (κ2) is 6.45. The molecule has 3 aromatic rings. The topological polar surface area (TPSA) is 59.0 Å². The molecule has 1 fully saturated rings. The van der Waals surface area contributed by atoms with Crippen LogP contribution >= 0.6 is 0 Å². The van der Waals surface area contributed by atoms with E-state index in [1.54, 1.807) is 0 Å². The van der Waals surface area contributed by atoms with Gasteiger partial charge in [-0.2, -0.15) is 0 Å². The fourth-order valence-electron chi connectivity index (χ4n) is 3.18. The molecule has 0 aliphatic carbocycles. The lowest BCUT2D eigenvalue weighted by molar-refractivity contribution is 0.0930. The van der Waals surface area contributed by atoms with Crippen LogP contribution in [-0.4, -0.2) is 34.6 Å². The lowest BCUT2D eigenvalue weighted by Gasteiger charge is -2.23. The van der Waals surface area contributed by atoms with Gasteiger partial charge in [0.05, 0.1) is 11.0 Å². The van der Waals surface area contributed by atoms with Gasteiger partial charge in [0, 0.05) is 23.8 Å². The number of hydrogen-bond acceptors (Lipinski definition) is 3. The normalized spacial score (nSPS) is 17.8. The fourth-order valence-corrected chi connectivity index (χ4v) is 3.18. The van der Waals surface area contributed by atoms with Crippen LogP contribution in [0.15, 0.2) is 54.9 Å². The molecule has 5 heteroatoms. The van der Waals surface area contributed by atoms with Crippen LogP contribution in [0.25, 0.3) is 16.7 Å². The van der Waals surface area contributed by atoms with Gasteiger partial charge in [0.25, 0.3) is 5.91 Å². The Morgan fingerprint density at radius 1 is 1.17 bits per heavy atom. The third-order valence-electron chi connectivity index (χ3n) is 4.49. The smallest absolute Gasteiger partial charge is 0.251 e. The molecular formula is C19H20N4O. The van der Waals surface area contributed by atoms with Crippen molar-refractivity contribution in [2.75, 3.05) is 13.1 Å². The van der Waals surface area contributed by atoms with Gasteiger partial charge in [0.15, 0.2) is 0 Å². The van der Waals surface area contributed by atoms with Crippen LogP contribution in [0.1, 0.15) is 23.2 Å². The number of hydrogen-bond donors (Lipinski definition) is 2. The molecule has 0 saturated carbocycles. The molecule has 24 heavy (non-hydrogen) atoms. The number of rotatable bonds is 3. The van der Waals surface area contributed by atoms with E-state index in [1.165, 1.54) is 0 Å². The molecule has 122 valence electrons. The minimum Gasteiger partial charge on any atom is -0.348 e. The molecular weight excluding hydrogens is 300 g/mol. The Hall–Kier alpha value is -2.66. The molecule has 2 heterocycles. The van der Waals surface area contributed by atoms with Gasteiger partial charge in [-0.3, -0.25) is 9.36 Å². The van der Waals surface area contributed by atoms with Crippen LogP contribution in [0.4, 0.5) is 0 Å². The van der Waals surface area contributed by atoms with E-state index in [4.69, 9.17) is 0 Å². The Balaban J connectivity index is 1.53. The van der Waals surface area contributed by atoms with E-state index >= 15 is 0 Å². The van der Waals surface area contributed by atoms with E-state index < -0.39 is 0 Å². The molecule has 2 N–H and O–H groups in total. The Labute approximate surface area is 140 Å². The first-order chi connectivity index (χ1) is 11.8. The summed E-state index contributed by atoms with van der Waals surface area (Å²) in [6.07, 6.45) is 3.96. The number of nitrogens with one attached hydrogen (secondary N) is 2. The van der Waals surface area contributed by atoms with Crippen molar-refractivity contribution in [1.82, 2.24) is 20.2 Å². The van der Waals surface area contributed by atoms with Crippen molar-refractivity contribution in [3.8, 4) is 5.69 Å². The van der Waals surface area contributed by atoms with Gasteiger partial charge in [-0.1, -0.05) is 12.1 Å². The van der Waals surface area contributed by atoms with Crippen LogP contribution in [0.2, 0.25) is 0 Å². The van der Waals surface area contributed by atoms with E-state index in [9.17, 15) is 4.79 Å². The van der Waals surface area contributed by atoms with Gasteiger partial charge in [0.1, 0.15) is 6.33 Å². The summed E-state index contributed by atoms with van der Waals surface area (Å²) in [6, 6.07) is 15.9. The Bertz CT molecular complexity index is 847. The Kier molecular flexibility index (Phi) is 4.01. The maximum absolute atomic E-state index is 12.4. The number of piperidine rings is 1. The standard InChI is InChI=1S/C19H20N4O/c24-19(22-15-4-3-11-20-12-15)14-7-9-16(10-8-14)23-13-21-17-5-1-2-6-18(17)23/h1-2,5-10,13,15,20H,3-4,11-12H2,(H,22,24)/t15-/m0/s1. The number of carbonyl (C=O) groups excluding carboxylic acids is 1. The minimum absolute atomic E-state index is 0.00857. The first-order valence-electron chi connectivity index (χ1n) is 8.35. The second-order valence-electron chi connectivity index (χ2n) is 6.17. The maximum atomic E-state index is 12.4. The molecule has 0 spiro atoms. The monoisotopic (exact) mass is 320 g/mol. The molecule has 1 aliphatic rings. The van der Waals surface area contributed by atoms with Gasteiger partial charge in [-0.05, 0) is 55.8 Å². The van der Waals surface area contributed by atoms with Crippen molar-refractivity contribution >= 4 is 16.9 Å². The number of para-hydroxylation sites is 2. The SMILES string of the molecule is O=C(N[C@H]1CCCNC1)c1ccc(-n2cnc3ccccc32)cc1. The van der Waals surface area contributed by atoms with Crippen LogP contribution in [-0.2, 0) is 0 Å². The quantitative estimate of drug-likeness (QED) is 0.779. The van der Waals surface area contributed by atoms with E-state index in [2.05, 4.69) is 15.6 Å². The number of aromatic nitrogens is 2. The predicted molar refractivity (Wildman–Crippen MR) is 94.4 cm³/mol. The molecule has 5 nitrogen and oxygen atoms in total. The average molecular weight is 320 g/mol. The van der Waals surface area contributed by atoms with Gasteiger partial charge in [0.2, 0.25) is 0 Å². The lowest BCUT2D eigenvalue weighted by Crippen LogP contribution is -2.45. The number of fused-ring (bicyclic) bond motifs is 1. The highest BCUT2D eigenvalue weighted by atomic mass is 16.1. The average Bonchev–Trinajstić information content (AvgIpc) is 3.07. The highest BCUT2D eigenvalue weighted by Crippen LogP contribution is 2.18. The van der Waals surface area contributed by atoms with Crippen LogP contribution in [0, 0.1) is 0 Å². The van der Waals surface area contributed by atoms with Crippen molar-refractivity contribution in [3.05, 3.63) is 60.4 Å². The molecule has 1 aliphatic heterocycles. The number of imidazole rings is 1. The molecule has 0 radical (unpaired) electrons. The summed E-state index contributed by atoms with van der Waals surface area (Å²) < 4.78 is 2.03. The predicted octanol–water partition coefficient (Wildman–Crippen LogP) is 2.51. The summed E-state index contributed by atoms with van der Waals surface area (Å²) >= 11 is 0. The number of benzene rings is 2. The third kappa shape index (κ3) is 2.90. The molecule has 1 amide bonds. The number of nitrogens with zero attached hydrogens (tertiary/aromatic N) is 2. The largest absolute Gasteiger partial charge is 0.348 e. The van der Waals surface area contributed by atoms with Gasteiger partial charge >= 0.3 is 0 Å². The lowest BCUT2D eigenvalue weighted by atomic mass is 10.1. The first-order valence-corrected chi connectivity index (χ1v) is 8.35. The number of carbonyl (C=O) groups is 1. The summed E-state index contributed by atoms with van der Waals surface area (Å²) in [4.78, 5) is 16.8. The summed E-state index contributed by atoms with van der Waals surface area (Å²) in [5.74, 6) is -0.00857. The minimum atomic E-state index is -0.00857. The Morgan fingerprint density at radius 2 is 2.00 bits per heavy atom. The Morgan fingerprint density at radius 3 is 2.79 bits per heavy atom. The van der Waals surface area contributed by atoms with Gasteiger partial charge in [-0.15, -0.1) is 0 Å². The van der Waals surface area contributed by atoms with Gasteiger partial charge < -0.3 is 10.6 Å².